The van der Waals surface area contributed by atoms with E-state index in [2.05, 4.69) is 11.9 Å². The first kappa shape index (κ1) is 17.2. The van der Waals surface area contributed by atoms with E-state index in [1.54, 1.807) is 9.80 Å². The van der Waals surface area contributed by atoms with Crippen molar-refractivity contribution in [2.75, 3.05) is 20.1 Å². The molecular formula is C16H25N3O2S2. The topological polar surface area (TPSA) is 43.9 Å². The van der Waals surface area contributed by atoms with E-state index >= 15 is 0 Å². The minimum Gasteiger partial charge on any atom is -0.289 e. The maximum absolute atomic E-state index is 12.9. The number of hydrogen-bond donors (Lipinski definition) is 0. The summed E-state index contributed by atoms with van der Waals surface area (Å²) in [7, 11) is 2.08. The SMILES string of the molecule is CCN1C(=O)C(C2SC3CCCCC3N2C)C(=O)N(CC)C1=S. The second kappa shape index (κ2) is 6.69. The number of thiocarbonyl (C=S) groups is 1. The molecule has 1 saturated carbocycles. The predicted octanol–water partition coefficient (Wildman–Crippen LogP) is 1.91. The van der Waals surface area contributed by atoms with Crippen molar-refractivity contribution < 1.29 is 9.59 Å². The Hall–Kier alpha value is -0.660. The zero-order valence-electron chi connectivity index (χ0n) is 14.0. The van der Waals surface area contributed by atoms with Crippen LogP contribution in [-0.2, 0) is 9.59 Å². The molecule has 3 unspecified atom stereocenters. The Morgan fingerprint density at radius 3 is 2.17 bits per heavy atom. The van der Waals surface area contributed by atoms with Gasteiger partial charge < -0.3 is 0 Å². The van der Waals surface area contributed by atoms with Crippen molar-refractivity contribution in [3.63, 3.8) is 0 Å². The number of carbonyl (C=O) groups is 2. The second-order valence-electron chi connectivity index (χ2n) is 6.51. The molecular weight excluding hydrogens is 330 g/mol. The van der Waals surface area contributed by atoms with Crippen LogP contribution in [-0.4, -0.2) is 68.4 Å². The van der Waals surface area contributed by atoms with Gasteiger partial charge in [-0.3, -0.25) is 24.3 Å². The average Bonchev–Trinajstić information content (AvgIpc) is 2.86. The summed E-state index contributed by atoms with van der Waals surface area (Å²) in [4.78, 5) is 31.3. The predicted molar refractivity (Wildman–Crippen MR) is 96.0 cm³/mol. The van der Waals surface area contributed by atoms with Gasteiger partial charge in [-0.25, -0.2) is 0 Å². The van der Waals surface area contributed by atoms with Gasteiger partial charge in [-0.05, 0) is 46.0 Å². The minimum atomic E-state index is -0.623. The lowest BCUT2D eigenvalue weighted by Gasteiger charge is -2.41. The second-order valence-corrected chi connectivity index (χ2v) is 8.23. The average molecular weight is 356 g/mol. The third-order valence-electron chi connectivity index (χ3n) is 5.35. The first-order valence-electron chi connectivity index (χ1n) is 8.55. The van der Waals surface area contributed by atoms with Gasteiger partial charge in [0.05, 0.1) is 5.37 Å². The molecule has 3 rings (SSSR count). The number of amides is 2. The summed E-state index contributed by atoms with van der Waals surface area (Å²) in [6.07, 6.45) is 4.87. The van der Waals surface area contributed by atoms with Gasteiger partial charge in [-0.2, -0.15) is 0 Å². The summed E-state index contributed by atoms with van der Waals surface area (Å²) in [5.41, 5.74) is 0. The Bertz CT molecular complexity index is 501. The highest BCUT2D eigenvalue weighted by Crippen LogP contribution is 2.46. The summed E-state index contributed by atoms with van der Waals surface area (Å²) in [6.45, 7) is 4.87. The van der Waals surface area contributed by atoms with E-state index in [1.165, 1.54) is 25.7 Å². The van der Waals surface area contributed by atoms with Crippen molar-refractivity contribution >= 4 is 40.9 Å². The van der Waals surface area contributed by atoms with Crippen molar-refractivity contribution in [3.8, 4) is 0 Å². The van der Waals surface area contributed by atoms with Crippen LogP contribution in [0.15, 0.2) is 0 Å². The van der Waals surface area contributed by atoms with Crippen LogP contribution >= 0.6 is 24.0 Å². The smallest absolute Gasteiger partial charge is 0.243 e. The minimum absolute atomic E-state index is 0.0608. The molecule has 5 nitrogen and oxygen atoms in total. The monoisotopic (exact) mass is 355 g/mol. The fraction of sp³-hybridized carbons (Fsp3) is 0.812. The van der Waals surface area contributed by atoms with Crippen LogP contribution in [0.1, 0.15) is 39.5 Å². The number of hydrogen-bond acceptors (Lipinski definition) is 5. The molecule has 2 amide bonds. The highest BCUT2D eigenvalue weighted by atomic mass is 32.2. The highest BCUT2D eigenvalue weighted by Gasteiger charge is 2.53. The summed E-state index contributed by atoms with van der Waals surface area (Å²) in [6, 6.07) is 0.499. The quantitative estimate of drug-likeness (QED) is 0.572. The van der Waals surface area contributed by atoms with E-state index in [4.69, 9.17) is 12.2 Å². The van der Waals surface area contributed by atoms with Crippen LogP contribution in [0.2, 0.25) is 0 Å². The zero-order chi connectivity index (χ0) is 16.7. The van der Waals surface area contributed by atoms with Gasteiger partial charge in [0.15, 0.2) is 5.11 Å². The molecule has 0 aromatic heterocycles. The maximum atomic E-state index is 12.9. The van der Waals surface area contributed by atoms with Crippen LogP contribution in [0.3, 0.4) is 0 Å². The van der Waals surface area contributed by atoms with E-state index in [0.717, 1.165) is 0 Å². The molecule has 3 fully saturated rings. The molecule has 2 aliphatic heterocycles. The molecule has 0 aromatic carbocycles. The summed E-state index contributed by atoms with van der Waals surface area (Å²) >= 11 is 7.18. The van der Waals surface area contributed by atoms with Crippen molar-refractivity contribution in [3.05, 3.63) is 0 Å². The molecule has 0 spiro atoms. The van der Waals surface area contributed by atoms with Crippen molar-refractivity contribution in [1.29, 1.82) is 0 Å². The molecule has 0 bridgehead atoms. The number of carbonyl (C=O) groups excluding carboxylic acids is 2. The lowest BCUT2D eigenvalue weighted by molar-refractivity contribution is -0.148. The molecule has 0 aromatic rings. The normalized spacial score (nSPS) is 33.5. The molecule has 0 N–H and O–H groups in total. The Labute approximate surface area is 147 Å². The van der Waals surface area contributed by atoms with Crippen molar-refractivity contribution in [1.82, 2.24) is 14.7 Å². The van der Waals surface area contributed by atoms with Gasteiger partial charge >= 0.3 is 0 Å². The Balaban J connectivity index is 1.89. The Kier molecular flexibility index (Phi) is 4.99. The van der Waals surface area contributed by atoms with Gasteiger partial charge in [0.2, 0.25) is 11.8 Å². The number of nitrogens with zero attached hydrogens (tertiary/aromatic N) is 3. The molecule has 2 heterocycles. The fourth-order valence-electron chi connectivity index (χ4n) is 4.08. The lowest BCUT2D eigenvalue weighted by atomic mass is 9.93. The summed E-state index contributed by atoms with van der Waals surface area (Å²) < 4.78 is 0. The summed E-state index contributed by atoms with van der Waals surface area (Å²) in [5.74, 6) is -0.854. The van der Waals surface area contributed by atoms with Crippen LogP contribution in [0, 0.1) is 5.92 Å². The van der Waals surface area contributed by atoms with Crippen molar-refractivity contribution in [2.45, 2.75) is 56.2 Å². The number of fused-ring (bicyclic) bond motifs is 1. The van der Waals surface area contributed by atoms with Gasteiger partial charge in [-0.15, -0.1) is 11.8 Å². The maximum Gasteiger partial charge on any atom is 0.243 e. The largest absolute Gasteiger partial charge is 0.289 e. The van der Waals surface area contributed by atoms with Gasteiger partial charge in [-0.1, -0.05) is 12.8 Å². The Morgan fingerprint density at radius 1 is 1.09 bits per heavy atom. The fourth-order valence-corrected chi connectivity index (χ4v) is 6.43. The van der Waals surface area contributed by atoms with Crippen LogP contribution in [0.4, 0.5) is 0 Å². The van der Waals surface area contributed by atoms with E-state index in [0.29, 0.717) is 29.5 Å². The summed E-state index contributed by atoms with van der Waals surface area (Å²) in [5, 5.41) is 0.858. The molecule has 2 saturated heterocycles. The zero-order valence-corrected chi connectivity index (χ0v) is 15.7. The number of rotatable bonds is 3. The van der Waals surface area contributed by atoms with Crippen LogP contribution in [0.25, 0.3) is 0 Å². The van der Waals surface area contributed by atoms with E-state index < -0.39 is 5.92 Å². The van der Waals surface area contributed by atoms with E-state index in [-0.39, 0.29) is 17.2 Å². The van der Waals surface area contributed by atoms with E-state index in [9.17, 15) is 9.59 Å². The van der Waals surface area contributed by atoms with Crippen LogP contribution in [0.5, 0.6) is 0 Å². The molecule has 7 heteroatoms. The van der Waals surface area contributed by atoms with Gasteiger partial charge in [0, 0.05) is 24.4 Å². The Morgan fingerprint density at radius 2 is 1.65 bits per heavy atom. The molecule has 3 atom stereocenters. The molecule has 128 valence electrons. The molecule has 0 radical (unpaired) electrons. The van der Waals surface area contributed by atoms with Crippen molar-refractivity contribution in [2.24, 2.45) is 5.92 Å². The number of thioether (sulfide) groups is 1. The van der Waals surface area contributed by atoms with E-state index in [1.807, 2.05) is 25.6 Å². The molecule has 1 aliphatic carbocycles. The first-order chi connectivity index (χ1) is 11.0. The third kappa shape index (κ3) is 2.70. The molecule has 3 aliphatic rings. The van der Waals surface area contributed by atoms with Gasteiger partial charge in [0.1, 0.15) is 5.92 Å². The third-order valence-corrected chi connectivity index (χ3v) is 7.57. The standard InChI is InChI=1S/C16H25N3O2S2/c1-4-18-13(20)12(14(21)19(5-2)16(18)22)15-17(3)10-8-6-7-9-11(10)23-15/h10-12,15H,4-9H2,1-3H3. The first-order valence-corrected chi connectivity index (χ1v) is 9.90. The lowest BCUT2D eigenvalue weighted by Crippen LogP contribution is -2.62. The molecule has 23 heavy (non-hydrogen) atoms. The van der Waals surface area contributed by atoms with Gasteiger partial charge in [0.25, 0.3) is 0 Å². The highest BCUT2D eigenvalue weighted by molar-refractivity contribution is 8.00. The van der Waals surface area contributed by atoms with Crippen LogP contribution < -0.4 is 0 Å².